The molecule has 2 aromatic heterocycles. The van der Waals surface area contributed by atoms with Gasteiger partial charge in [0.05, 0.1) is 13.6 Å². The summed E-state index contributed by atoms with van der Waals surface area (Å²) in [4.78, 5) is 1.38. The van der Waals surface area contributed by atoms with E-state index >= 15 is 0 Å². The first-order valence-corrected chi connectivity index (χ1v) is 8.63. The molecule has 1 atom stereocenters. The molecule has 0 saturated heterocycles. The van der Waals surface area contributed by atoms with Crippen LogP contribution in [0, 0.1) is 6.92 Å². The third-order valence-corrected chi connectivity index (χ3v) is 5.86. The van der Waals surface area contributed by atoms with Crippen molar-refractivity contribution >= 4 is 54.5 Å². The standard InChI is InChI=1S/C12H13Br2NS2/c1-3-15-11(8-4-5-16-7(8)2)9-6-10(13)17-12(9)14/h4-6,11,15H,3H2,1-2H3. The molecule has 0 fully saturated rings. The second-order valence-electron chi connectivity index (χ2n) is 3.70. The number of rotatable bonds is 4. The van der Waals surface area contributed by atoms with E-state index in [4.69, 9.17) is 0 Å². The van der Waals surface area contributed by atoms with Gasteiger partial charge < -0.3 is 5.32 Å². The van der Waals surface area contributed by atoms with E-state index in [9.17, 15) is 0 Å². The maximum absolute atomic E-state index is 3.65. The van der Waals surface area contributed by atoms with Gasteiger partial charge in [-0.05, 0) is 74.0 Å². The summed E-state index contributed by atoms with van der Waals surface area (Å²) in [6.45, 7) is 5.28. The van der Waals surface area contributed by atoms with Gasteiger partial charge in [-0.1, -0.05) is 6.92 Å². The summed E-state index contributed by atoms with van der Waals surface area (Å²) in [5, 5.41) is 5.72. The fraction of sp³-hybridized carbons (Fsp3) is 0.333. The van der Waals surface area contributed by atoms with Crippen LogP contribution in [0.1, 0.15) is 29.0 Å². The molecule has 5 heteroatoms. The highest BCUT2D eigenvalue weighted by atomic mass is 79.9. The van der Waals surface area contributed by atoms with Crippen molar-refractivity contribution in [1.29, 1.82) is 0 Å². The van der Waals surface area contributed by atoms with Crippen molar-refractivity contribution in [2.45, 2.75) is 19.9 Å². The van der Waals surface area contributed by atoms with Crippen molar-refractivity contribution in [1.82, 2.24) is 5.32 Å². The van der Waals surface area contributed by atoms with Crippen molar-refractivity contribution in [2.24, 2.45) is 0 Å². The van der Waals surface area contributed by atoms with Crippen LogP contribution in [0.5, 0.6) is 0 Å². The fourth-order valence-electron chi connectivity index (χ4n) is 1.84. The second-order valence-corrected chi connectivity index (χ2v) is 8.57. The van der Waals surface area contributed by atoms with Gasteiger partial charge in [-0.2, -0.15) is 0 Å². The van der Waals surface area contributed by atoms with Crippen LogP contribution >= 0.6 is 54.5 Å². The van der Waals surface area contributed by atoms with Gasteiger partial charge >= 0.3 is 0 Å². The molecule has 1 unspecified atom stereocenters. The third kappa shape index (κ3) is 3.01. The van der Waals surface area contributed by atoms with Gasteiger partial charge in [-0.3, -0.25) is 0 Å². The molecule has 1 nitrogen and oxygen atoms in total. The summed E-state index contributed by atoms with van der Waals surface area (Å²) >= 11 is 10.7. The van der Waals surface area contributed by atoms with Crippen LogP contribution in [-0.4, -0.2) is 6.54 Å². The molecule has 0 bridgehead atoms. The van der Waals surface area contributed by atoms with Gasteiger partial charge in [0.2, 0.25) is 0 Å². The highest BCUT2D eigenvalue weighted by molar-refractivity contribution is 9.12. The smallest absolute Gasteiger partial charge is 0.0761 e. The zero-order chi connectivity index (χ0) is 12.4. The summed E-state index contributed by atoms with van der Waals surface area (Å²) in [6.07, 6.45) is 0. The summed E-state index contributed by atoms with van der Waals surface area (Å²) in [5.74, 6) is 0. The van der Waals surface area contributed by atoms with Gasteiger partial charge in [-0.15, -0.1) is 22.7 Å². The Morgan fingerprint density at radius 2 is 2.12 bits per heavy atom. The second kappa shape index (κ2) is 5.97. The molecular weight excluding hydrogens is 382 g/mol. The molecular formula is C12H13Br2NS2. The molecule has 2 heterocycles. The third-order valence-electron chi connectivity index (χ3n) is 2.61. The summed E-state index contributed by atoms with van der Waals surface area (Å²) in [5.41, 5.74) is 2.69. The average Bonchev–Trinajstić information content (AvgIpc) is 2.82. The molecule has 0 amide bonds. The van der Waals surface area contributed by atoms with E-state index in [-0.39, 0.29) is 6.04 Å². The average molecular weight is 395 g/mol. The molecule has 0 aliphatic rings. The minimum absolute atomic E-state index is 0.281. The Bertz CT molecular complexity index is 504. The van der Waals surface area contributed by atoms with Crippen LogP contribution in [0.4, 0.5) is 0 Å². The van der Waals surface area contributed by atoms with Gasteiger partial charge in [0.1, 0.15) is 0 Å². The number of nitrogens with one attached hydrogen (secondary N) is 1. The lowest BCUT2D eigenvalue weighted by atomic mass is 10.0. The minimum atomic E-state index is 0.281. The summed E-state index contributed by atoms with van der Waals surface area (Å²) < 4.78 is 2.36. The van der Waals surface area contributed by atoms with Crippen LogP contribution in [0.25, 0.3) is 0 Å². The molecule has 2 rings (SSSR count). The first kappa shape index (κ1) is 13.7. The van der Waals surface area contributed by atoms with Crippen molar-refractivity contribution < 1.29 is 0 Å². The van der Waals surface area contributed by atoms with Crippen molar-refractivity contribution in [3.05, 3.63) is 41.1 Å². The lowest BCUT2D eigenvalue weighted by Crippen LogP contribution is -2.21. The van der Waals surface area contributed by atoms with Crippen molar-refractivity contribution in [3.8, 4) is 0 Å². The number of hydrogen-bond donors (Lipinski definition) is 1. The number of aryl methyl sites for hydroxylation is 1. The molecule has 17 heavy (non-hydrogen) atoms. The number of thiophene rings is 2. The first-order valence-electron chi connectivity index (χ1n) is 5.35. The van der Waals surface area contributed by atoms with E-state index in [1.54, 1.807) is 22.7 Å². The largest absolute Gasteiger partial charge is 0.306 e. The van der Waals surface area contributed by atoms with E-state index < -0.39 is 0 Å². The Hall–Kier alpha value is 0.320. The highest BCUT2D eigenvalue weighted by Crippen LogP contribution is 2.39. The van der Waals surface area contributed by atoms with Crippen molar-refractivity contribution in [3.63, 3.8) is 0 Å². The predicted octanol–water partition coefficient (Wildman–Crippen LogP) is 5.34. The lowest BCUT2D eigenvalue weighted by Gasteiger charge is -2.17. The monoisotopic (exact) mass is 393 g/mol. The first-order chi connectivity index (χ1) is 8.13. The van der Waals surface area contributed by atoms with Gasteiger partial charge in [0, 0.05) is 4.88 Å². The topological polar surface area (TPSA) is 12.0 Å². The van der Waals surface area contributed by atoms with Crippen LogP contribution in [0.2, 0.25) is 0 Å². The molecule has 0 saturated carbocycles. The Morgan fingerprint density at radius 3 is 2.59 bits per heavy atom. The molecule has 0 aliphatic heterocycles. The maximum atomic E-state index is 3.65. The zero-order valence-electron chi connectivity index (χ0n) is 9.59. The fourth-order valence-corrected chi connectivity index (χ4v) is 5.48. The molecule has 0 radical (unpaired) electrons. The van der Waals surface area contributed by atoms with E-state index in [1.165, 1.54) is 19.8 Å². The van der Waals surface area contributed by atoms with Crippen LogP contribution in [-0.2, 0) is 0 Å². The molecule has 92 valence electrons. The quantitative estimate of drug-likeness (QED) is 0.737. The van der Waals surface area contributed by atoms with E-state index in [0.717, 1.165) is 10.3 Å². The number of halogens is 2. The Morgan fingerprint density at radius 1 is 1.35 bits per heavy atom. The molecule has 2 aromatic rings. The number of hydrogen-bond acceptors (Lipinski definition) is 3. The molecule has 0 aliphatic carbocycles. The molecule has 1 N–H and O–H groups in total. The minimum Gasteiger partial charge on any atom is -0.306 e. The van der Waals surface area contributed by atoms with E-state index in [0.29, 0.717) is 0 Å². The highest BCUT2D eigenvalue weighted by Gasteiger charge is 2.20. The maximum Gasteiger partial charge on any atom is 0.0761 e. The summed E-state index contributed by atoms with van der Waals surface area (Å²) in [6, 6.07) is 4.69. The molecule has 0 spiro atoms. The summed E-state index contributed by atoms with van der Waals surface area (Å²) in [7, 11) is 0. The van der Waals surface area contributed by atoms with Gasteiger partial charge in [0.15, 0.2) is 0 Å². The Balaban J connectivity index is 2.42. The SMILES string of the molecule is CCNC(c1ccsc1C)c1cc(Br)sc1Br. The Labute approximate surface area is 127 Å². The van der Waals surface area contributed by atoms with Crippen LogP contribution in [0.3, 0.4) is 0 Å². The van der Waals surface area contributed by atoms with Crippen LogP contribution in [0.15, 0.2) is 25.1 Å². The van der Waals surface area contributed by atoms with Crippen molar-refractivity contribution in [2.75, 3.05) is 6.54 Å². The Kier molecular flexibility index (Phi) is 4.83. The van der Waals surface area contributed by atoms with E-state index in [1.807, 2.05) is 0 Å². The van der Waals surface area contributed by atoms with Gasteiger partial charge in [-0.25, -0.2) is 0 Å². The zero-order valence-corrected chi connectivity index (χ0v) is 14.4. The normalized spacial score (nSPS) is 12.9. The van der Waals surface area contributed by atoms with Crippen LogP contribution < -0.4 is 5.32 Å². The van der Waals surface area contributed by atoms with E-state index in [2.05, 4.69) is 68.5 Å². The van der Waals surface area contributed by atoms with Gasteiger partial charge in [0.25, 0.3) is 0 Å². The lowest BCUT2D eigenvalue weighted by molar-refractivity contribution is 0.630. The predicted molar refractivity (Wildman–Crippen MR) is 84.3 cm³/mol. The molecule has 0 aromatic carbocycles.